The summed E-state index contributed by atoms with van der Waals surface area (Å²) in [7, 11) is -1.93. The van der Waals surface area contributed by atoms with Crippen LogP contribution in [0.2, 0.25) is 0 Å². The van der Waals surface area contributed by atoms with Crippen molar-refractivity contribution in [1.82, 2.24) is 10.0 Å². The minimum Gasteiger partial charge on any atom is -0.447 e. The second kappa shape index (κ2) is 9.47. The summed E-state index contributed by atoms with van der Waals surface area (Å²) in [5.74, 6) is 0.587. The minimum atomic E-state index is -3.56. The number of rotatable bonds is 11. The van der Waals surface area contributed by atoms with Crippen molar-refractivity contribution in [2.24, 2.45) is 0 Å². The highest BCUT2D eigenvalue weighted by Crippen LogP contribution is 2.14. The quantitative estimate of drug-likeness (QED) is 0.595. The van der Waals surface area contributed by atoms with Gasteiger partial charge in [0.2, 0.25) is 5.09 Å². The topological polar surface area (TPSA) is 80.6 Å². The highest BCUT2D eigenvalue weighted by Gasteiger charge is 2.18. The fourth-order valence-electron chi connectivity index (χ4n) is 1.57. The van der Waals surface area contributed by atoms with Crippen molar-refractivity contribution >= 4 is 21.8 Å². The van der Waals surface area contributed by atoms with E-state index in [4.69, 9.17) is 9.15 Å². The summed E-state index contributed by atoms with van der Waals surface area (Å²) in [5.41, 5.74) is 0. The zero-order valence-corrected chi connectivity index (χ0v) is 14.4. The summed E-state index contributed by atoms with van der Waals surface area (Å²) in [6, 6.07) is 3.15. The third-order valence-corrected chi connectivity index (χ3v) is 5.30. The Bertz CT molecular complexity index is 502. The van der Waals surface area contributed by atoms with Gasteiger partial charge in [0.05, 0.1) is 13.2 Å². The maximum absolute atomic E-state index is 12.0. The lowest BCUT2D eigenvalue weighted by atomic mass is 10.3. The Morgan fingerprint density at radius 2 is 2.14 bits per heavy atom. The van der Waals surface area contributed by atoms with Gasteiger partial charge in [-0.05, 0) is 24.8 Å². The molecule has 0 aliphatic heterocycles. The van der Waals surface area contributed by atoms with Gasteiger partial charge < -0.3 is 14.5 Å². The molecular formula is C13H24N2O4S2. The largest absolute Gasteiger partial charge is 0.447 e. The van der Waals surface area contributed by atoms with Crippen molar-refractivity contribution in [2.75, 3.05) is 33.1 Å². The van der Waals surface area contributed by atoms with Crippen LogP contribution in [0.3, 0.4) is 0 Å². The highest BCUT2D eigenvalue weighted by molar-refractivity contribution is 7.99. The fraction of sp³-hybridized carbons (Fsp3) is 0.692. The van der Waals surface area contributed by atoms with Crippen molar-refractivity contribution in [1.29, 1.82) is 0 Å². The van der Waals surface area contributed by atoms with E-state index < -0.39 is 10.0 Å². The summed E-state index contributed by atoms with van der Waals surface area (Å²) in [5, 5.41) is 3.48. The zero-order chi connectivity index (χ0) is 15.7. The Balaban J connectivity index is 2.46. The molecule has 0 spiro atoms. The summed E-state index contributed by atoms with van der Waals surface area (Å²) in [6.07, 6.45) is 2.79. The average molecular weight is 336 g/mol. The van der Waals surface area contributed by atoms with Crippen LogP contribution in [0.25, 0.3) is 0 Å². The van der Waals surface area contributed by atoms with Crippen LogP contribution in [0.4, 0.5) is 0 Å². The average Bonchev–Trinajstić information content (AvgIpc) is 2.93. The molecule has 0 saturated heterocycles. The van der Waals surface area contributed by atoms with Crippen LogP contribution in [0.15, 0.2) is 21.6 Å². The van der Waals surface area contributed by atoms with Crippen molar-refractivity contribution in [3.63, 3.8) is 0 Å². The minimum absolute atomic E-state index is 0.0390. The number of nitrogens with one attached hydrogen (secondary N) is 2. The van der Waals surface area contributed by atoms with Gasteiger partial charge in [-0.3, -0.25) is 0 Å². The molecule has 0 aliphatic carbocycles. The van der Waals surface area contributed by atoms with Crippen LogP contribution < -0.4 is 10.0 Å². The van der Waals surface area contributed by atoms with Crippen molar-refractivity contribution in [2.45, 2.75) is 30.2 Å². The first kappa shape index (κ1) is 18.5. The number of hydrogen-bond donors (Lipinski definition) is 2. The van der Waals surface area contributed by atoms with E-state index in [1.54, 1.807) is 24.9 Å². The Morgan fingerprint density at radius 1 is 1.38 bits per heavy atom. The smallest absolute Gasteiger partial charge is 0.273 e. The molecule has 122 valence electrons. The maximum atomic E-state index is 12.0. The molecule has 21 heavy (non-hydrogen) atoms. The lowest BCUT2D eigenvalue weighted by molar-refractivity contribution is 0.198. The number of hydrogen-bond acceptors (Lipinski definition) is 6. The van der Waals surface area contributed by atoms with Crippen molar-refractivity contribution in [3.05, 3.63) is 17.9 Å². The number of furan rings is 1. The van der Waals surface area contributed by atoms with Gasteiger partial charge in [0, 0.05) is 25.4 Å². The van der Waals surface area contributed by atoms with E-state index in [0.29, 0.717) is 37.3 Å². The molecule has 0 fully saturated rings. The van der Waals surface area contributed by atoms with Crippen LogP contribution in [0.5, 0.6) is 0 Å². The summed E-state index contributed by atoms with van der Waals surface area (Å²) in [4.78, 5) is 0. The van der Waals surface area contributed by atoms with Crippen LogP contribution in [0.1, 0.15) is 19.1 Å². The molecule has 0 amide bonds. The van der Waals surface area contributed by atoms with E-state index in [1.165, 1.54) is 6.07 Å². The molecule has 1 atom stereocenters. The standard InChI is InChI=1S/C13H24N2O4S2/c1-11(20-3)6-7-15-21(16,17)13-5-4-12(19-13)10-14-8-9-18-2/h4-5,11,14-15H,6-10H2,1-3H3. The molecule has 8 heteroatoms. The maximum Gasteiger partial charge on any atom is 0.273 e. The van der Waals surface area contributed by atoms with Crippen LogP contribution >= 0.6 is 11.8 Å². The molecule has 2 N–H and O–H groups in total. The second-order valence-electron chi connectivity index (χ2n) is 4.62. The highest BCUT2D eigenvalue weighted by atomic mass is 32.2. The van der Waals surface area contributed by atoms with E-state index in [9.17, 15) is 8.42 Å². The first-order valence-corrected chi connectivity index (χ1v) is 9.57. The zero-order valence-electron chi connectivity index (χ0n) is 12.7. The number of sulfonamides is 1. The van der Waals surface area contributed by atoms with Gasteiger partial charge >= 0.3 is 0 Å². The molecule has 1 unspecified atom stereocenters. The molecule has 1 aromatic rings. The van der Waals surface area contributed by atoms with E-state index >= 15 is 0 Å². The third kappa shape index (κ3) is 6.84. The Morgan fingerprint density at radius 3 is 2.81 bits per heavy atom. The number of thioether (sulfide) groups is 1. The molecule has 0 saturated carbocycles. The van der Waals surface area contributed by atoms with Crippen molar-refractivity contribution < 1.29 is 17.6 Å². The molecule has 0 radical (unpaired) electrons. The van der Waals surface area contributed by atoms with E-state index in [2.05, 4.69) is 17.0 Å². The number of ether oxygens (including phenoxy) is 1. The lowest BCUT2D eigenvalue weighted by Crippen LogP contribution is -2.26. The van der Waals surface area contributed by atoms with E-state index in [1.807, 2.05) is 6.26 Å². The normalized spacial score (nSPS) is 13.5. The van der Waals surface area contributed by atoms with Gasteiger partial charge in [0.15, 0.2) is 0 Å². The lowest BCUT2D eigenvalue weighted by Gasteiger charge is -2.08. The fourth-order valence-corrected chi connectivity index (χ4v) is 2.92. The first-order chi connectivity index (χ1) is 9.99. The van der Waals surface area contributed by atoms with Gasteiger partial charge in [-0.15, -0.1) is 0 Å². The molecule has 1 aromatic heterocycles. The Labute approximate surface area is 131 Å². The van der Waals surface area contributed by atoms with Gasteiger partial charge in [-0.2, -0.15) is 11.8 Å². The molecular weight excluding hydrogens is 312 g/mol. The van der Waals surface area contributed by atoms with Crippen LogP contribution in [-0.2, 0) is 21.3 Å². The third-order valence-electron chi connectivity index (χ3n) is 2.93. The summed E-state index contributed by atoms with van der Waals surface area (Å²) >= 11 is 1.71. The summed E-state index contributed by atoms with van der Waals surface area (Å²) < 4.78 is 36.9. The molecule has 6 nitrogen and oxygen atoms in total. The van der Waals surface area contributed by atoms with Gasteiger partial charge in [0.25, 0.3) is 10.0 Å². The van der Waals surface area contributed by atoms with E-state index in [-0.39, 0.29) is 5.09 Å². The van der Waals surface area contributed by atoms with Gasteiger partial charge in [0.1, 0.15) is 5.76 Å². The van der Waals surface area contributed by atoms with Crippen LogP contribution in [-0.4, -0.2) is 46.7 Å². The van der Waals surface area contributed by atoms with Crippen molar-refractivity contribution in [3.8, 4) is 0 Å². The molecule has 0 aliphatic rings. The first-order valence-electron chi connectivity index (χ1n) is 6.80. The van der Waals surface area contributed by atoms with Crippen LogP contribution in [0, 0.1) is 0 Å². The van der Waals surface area contributed by atoms with Gasteiger partial charge in [-0.1, -0.05) is 6.92 Å². The molecule has 0 bridgehead atoms. The molecule has 1 rings (SSSR count). The molecule has 1 heterocycles. The predicted octanol–water partition coefficient (Wildman–Crippen LogP) is 1.44. The Hall–Kier alpha value is -0.540. The van der Waals surface area contributed by atoms with E-state index in [0.717, 1.165) is 6.42 Å². The SMILES string of the molecule is COCCNCc1ccc(S(=O)(=O)NCCC(C)SC)o1. The number of methoxy groups -OCH3 is 1. The second-order valence-corrected chi connectivity index (χ2v) is 7.60. The molecule has 0 aromatic carbocycles. The monoisotopic (exact) mass is 336 g/mol. The van der Waals surface area contributed by atoms with Gasteiger partial charge in [-0.25, -0.2) is 13.1 Å². The predicted molar refractivity (Wildman–Crippen MR) is 85.1 cm³/mol. The Kier molecular flexibility index (Phi) is 8.35. The summed E-state index contributed by atoms with van der Waals surface area (Å²) in [6.45, 7) is 4.23.